The minimum absolute atomic E-state index is 0.287. The van der Waals surface area contributed by atoms with E-state index in [4.69, 9.17) is 0 Å². The summed E-state index contributed by atoms with van der Waals surface area (Å²) in [4.78, 5) is 3.80. The Morgan fingerprint density at radius 2 is 1.86 bits per heavy atom. The fourth-order valence-corrected chi connectivity index (χ4v) is 2.18. The van der Waals surface area contributed by atoms with Gasteiger partial charge in [0, 0.05) is 17.8 Å². The van der Waals surface area contributed by atoms with Gasteiger partial charge in [-0.25, -0.2) is 13.2 Å². The molecule has 2 rings (SSSR count). The summed E-state index contributed by atoms with van der Waals surface area (Å²) in [6.45, 7) is 4.16. The number of pyridine rings is 1. The molecule has 1 aromatic carbocycles. The highest BCUT2D eigenvalue weighted by Crippen LogP contribution is 2.26. The zero-order valence-corrected chi connectivity index (χ0v) is 12.0. The van der Waals surface area contributed by atoms with E-state index < -0.39 is 23.5 Å². The summed E-state index contributed by atoms with van der Waals surface area (Å²) >= 11 is 0. The summed E-state index contributed by atoms with van der Waals surface area (Å²) in [6.07, 6.45) is 3.40. The molecule has 0 saturated carbocycles. The number of nitrogens with one attached hydrogen (secondary N) is 1. The van der Waals surface area contributed by atoms with Crippen molar-refractivity contribution in [3.63, 3.8) is 0 Å². The topological polar surface area (TPSA) is 24.9 Å². The average molecular weight is 294 g/mol. The molecule has 5 heteroatoms. The Morgan fingerprint density at radius 3 is 2.52 bits per heavy atom. The molecule has 0 fully saturated rings. The molecule has 1 atom stereocenters. The van der Waals surface area contributed by atoms with Crippen molar-refractivity contribution in [2.75, 3.05) is 6.54 Å². The maximum absolute atomic E-state index is 14.1. The summed E-state index contributed by atoms with van der Waals surface area (Å²) < 4.78 is 40.9. The first-order chi connectivity index (χ1) is 10.0. The van der Waals surface area contributed by atoms with Gasteiger partial charge < -0.3 is 5.32 Å². The van der Waals surface area contributed by atoms with Crippen LogP contribution in [-0.4, -0.2) is 11.5 Å². The van der Waals surface area contributed by atoms with E-state index >= 15 is 0 Å². The zero-order chi connectivity index (χ0) is 15.4. The molecule has 0 aliphatic heterocycles. The van der Waals surface area contributed by atoms with Crippen molar-refractivity contribution >= 4 is 0 Å². The monoisotopic (exact) mass is 294 g/mol. The van der Waals surface area contributed by atoms with E-state index in [9.17, 15) is 13.2 Å². The first kappa shape index (κ1) is 15.5. The van der Waals surface area contributed by atoms with Crippen LogP contribution in [-0.2, 0) is 0 Å². The van der Waals surface area contributed by atoms with E-state index in [1.54, 1.807) is 6.92 Å². The smallest absolute Gasteiger partial charge is 0.141 e. The lowest BCUT2D eigenvalue weighted by atomic mass is 9.97. The van der Waals surface area contributed by atoms with Crippen LogP contribution in [0.3, 0.4) is 0 Å². The Bertz CT molecular complexity index is 629. The number of hydrogen-bond acceptors (Lipinski definition) is 2. The van der Waals surface area contributed by atoms with Crippen molar-refractivity contribution < 1.29 is 13.2 Å². The molecule has 0 aliphatic carbocycles. The van der Waals surface area contributed by atoms with E-state index in [1.165, 1.54) is 18.3 Å². The van der Waals surface area contributed by atoms with Crippen LogP contribution >= 0.6 is 0 Å². The van der Waals surface area contributed by atoms with Gasteiger partial charge in [-0.2, -0.15) is 0 Å². The van der Waals surface area contributed by atoms with Gasteiger partial charge in [0.15, 0.2) is 0 Å². The van der Waals surface area contributed by atoms with Gasteiger partial charge in [0.25, 0.3) is 0 Å². The molecule has 0 saturated heterocycles. The number of hydrogen-bond donors (Lipinski definition) is 1. The van der Waals surface area contributed by atoms with Crippen LogP contribution in [0.5, 0.6) is 0 Å². The summed E-state index contributed by atoms with van der Waals surface area (Å²) in [5, 5.41) is 3.15. The Kier molecular flexibility index (Phi) is 4.96. The van der Waals surface area contributed by atoms with Gasteiger partial charge in [-0.1, -0.05) is 6.92 Å². The molecule has 0 radical (unpaired) electrons. The number of aryl methyl sites for hydroxylation is 1. The van der Waals surface area contributed by atoms with E-state index in [1.807, 2.05) is 6.92 Å². The van der Waals surface area contributed by atoms with Crippen LogP contribution in [0.25, 0.3) is 0 Å². The maximum Gasteiger partial charge on any atom is 0.141 e. The Labute approximate surface area is 122 Å². The van der Waals surface area contributed by atoms with E-state index in [2.05, 4.69) is 10.3 Å². The molecule has 2 nitrogen and oxygen atoms in total. The van der Waals surface area contributed by atoms with Gasteiger partial charge in [0.2, 0.25) is 0 Å². The van der Waals surface area contributed by atoms with Crippen LogP contribution in [0.15, 0.2) is 30.6 Å². The third-order valence-corrected chi connectivity index (χ3v) is 3.25. The average Bonchev–Trinajstić information content (AvgIpc) is 2.44. The molecule has 21 heavy (non-hydrogen) atoms. The van der Waals surface area contributed by atoms with Crippen LogP contribution in [0.1, 0.15) is 36.1 Å². The molecule has 1 unspecified atom stereocenters. The second-order valence-electron chi connectivity index (χ2n) is 4.95. The van der Waals surface area contributed by atoms with Gasteiger partial charge in [0.05, 0.1) is 12.2 Å². The van der Waals surface area contributed by atoms with Crippen molar-refractivity contribution in [2.45, 2.75) is 26.3 Å². The summed E-state index contributed by atoms with van der Waals surface area (Å²) in [6, 6.07) is 3.05. The van der Waals surface area contributed by atoms with Crippen molar-refractivity contribution in [1.82, 2.24) is 10.3 Å². The number of benzene rings is 1. The summed E-state index contributed by atoms with van der Waals surface area (Å²) in [5.74, 6) is -1.74. The molecule has 0 aliphatic rings. The lowest BCUT2D eigenvalue weighted by Gasteiger charge is -2.20. The highest BCUT2D eigenvalue weighted by atomic mass is 19.1. The molecule has 0 spiro atoms. The largest absolute Gasteiger partial charge is 0.306 e. The third kappa shape index (κ3) is 3.61. The predicted molar refractivity (Wildman–Crippen MR) is 75.4 cm³/mol. The second kappa shape index (κ2) is 6.72. The maximum atomic E-state index is 14.1. The normalized spacial score (nSPS) is 12.4. The Balaban J connectivity index is 2.47. The Hall–Kier alpha value is -1.88. The molecule has 112 valence electrons. The fraction of sp³-hybridized carbons (Fsp3) is 0.312. The SMILES string of the molecule is CCCNC(c1cncc(F)c1)c1cc(C)c(F)cc1F. The standard InChI is InChI=1S/C16H17F3N2/c1-3-4-21-16(11-6-12(17)9-20-8-11)13-5-10(2)14(18)7-15(13)19/h5-9,16,21H,3-4H2,1-2H3. The molecule has 0 bridgehead atoms. The molecule has 0 amide bonds. The first-order valence-electron chi connectivity index (χ1n) is 6.82. The van der Waals surface area contributed by atoms with Gasteiger partial charge in [0.1, 0.15) is 17.5 Å². The first-order valence-corrected chi connectivity index (χ1v) is 6.82. The molecule has 1 heterocycles. The minimum Gasteiger partial charge on any atom is -0.306 e. The molecule has 2 aromatic rings. The predicted octanol–water partition coefficient (Wildman–Crippen LogP) is 3.90. The Morgan fingerprint density at radius 1 is 1.10 bits per heavy atom. The van der Waals surface area contributed by atoms with E-state index in [0.29, 0.717) is 17.7 Å². The van der Waals surface area contributed by atoms with Crippen LogP contribution in [0, 0.1) is 24.4 Å². The molecule has 1 aromatic heterocycles. The number of halogens is 3. The quantitative estimate of drug-likeness (QED) is 0.904. The molecular formula is C16H17F3N2. The van der Waals surface area contributed by atoms with Crippen molar-refractivity contribution in [3.05, 3.63) is 64.7 Å². The van der Waals surface area contributed by atoms with Crippen molar-refractivity contribution in [3.8, 4) is 0 Å². The summed E-state index contributed by atoms with van der Waals surface area (Å²) in [7, 11) is 0. The second-order valence-corrected chi connectivity index (χ2v) is 4.95. The highest BCUT2D eigenvalue weighted by Gasteiger charge is 2.20. The number of rotatable bonds is 5. The van der Waals surface area contributed by atoms with Gasteiger partial charge in [-0.15, -0.1) is 0 Å². The zero-order valence-electron chi connectivity index (χ0n) is 12.0. The summed E-state index contributed by atoms with van der Waals surface area (Å²) in [5.41, 5.74) is 1.14. The van der Waals surface area contributed by atoms with Crippen molar-refractivity contribution in [2.24, 2.45) is 0 Å². The highest BCUT2D eigenvalue weighted by molar-refractivity contribution is 5.34. The van der Waals surface area contributed by atoms with Crippen LogP contribution in [0.4, 0.5) is 13.2 Å². The number of nitrogens with zero attached hydrogens (tertiary/aromatic N) is 1. The minimum atomic E-state index is -0.657. The molecule has 1 N–H and O–H groups in total. The van der Waals surface area contributed by atoms with Crippen LogP contribution < -0.4 is 5.32 Å². The van der Waals surface area contributed by atoms with E-state index in [-0.39, 0.29) is 5.56 Å². The molecular weight excluding hydrogens is 277 g/mol. The third-order valence-electron chi connectivity index (χ3n) is 3.25. The fourth-order valence-electron chi connectivity index (χ4n) is 2.18. The van der Waals surface area contributed by atoms with Gasteiger partial charge in [-0.3, -0.25) is 4.98 Å². The van der Waals surface area contributed by atoms with Crippen LogP contribution in [0.2, 0.25) is 0 Å². The lowest BCUT2D eigenvalue weighted by Crippen LogP contribution is -2.24. The van der Waals surface area contributed by atoms with Gasteiger partial charge >= 0.3 is 0 Å². The number of aromatic nitrogens is 1. The van der Waals surface area contributed by atoms with Gasteiger partial charge in [-0.05, 0) is 43.1 Å². The van der Waals surface area contributed by atoms with E-state index in [0.717, 1.165) is 18.7 Å². The van der Waals surface area contributed by atoms with Crippen molar-refractivity contribution in [1.29, 1.82) is 0 Å². The lowest BCUT2D eigenvalue weighted by molar-refractivity contribution is 0.526.